The maximum atomic E-state index is 12.2. The van der Waals surface area contributed by atoms with Gasteiger partial charge in [0.1, 0.15) is 5.82 Å². The summed E-state index contributed by atoms with van der Waals surface area (Å²) >= 11 is 0. The van der Waals surface area contributed by atoms with Crippen LogP contribution in [-0.4, -0.2) is 48.2 Å². The van der Waals surface area contributed by atoms with Crippen LogP contribution in [0.3, 0.4) is 0 Å². The first-order valence-electron chi connectivity index (χ1n) is 10.9. The molecule has 7 heteroatoms. The number of hydrogen-bond donors (Lipinski definition) is 3. The molecule has 4 rings (SSSR count). The zero-order valence-electron chi connectivity index (χ0n) is 17.4. The summed E-state index contributed by atoms with van der Waals surface area (Å²) in [6.07, 6.45) is 8.65. The molecule has 2 aliphatic carbocycles. The molecular weight excluding hydrogens is 364 g/mol. The predicted octanol–water partition coefficient (Wildman–Crippen LogP) is 3.66. The topological polar surface area (TPSA) is 82.2 Å². The molecule has 0 atom stereocenters. The molecule has 29 heavy (non-hydrogen) atoms. The second-order valence-corrected chi connectivity index (χ2v) is 8.57. The van der Waals surface area contributed by atoms with Gasteiger partial charge in [-0.1, -0.05) is 25.0 Å². The first-order valence-corrected chi connectivity index (χ1v) is 10.9. The smallest absolute Gasteiger partial charge is 0.315 e. The van der Waals surface area contributed by atoms with E-state index in [0.717, 1.165) is 55.2 Å². The van der Waals surface area contributed by atoms with Gasteiger partial charge in [0.25, 0.3) is 0 Å². The van der Waals surface area contributed by atoms with Crippen molar-refractivity contribution in [3.63, 3.8) is 0 Å². The van der Waals surface area contributed by atoms with Gasteiger partial charge in [0.15, 0.2) is 0 Å². The van der Waals surface area contributed by atoms with Gasteiger partial charge in [0.2, 0.25) is 5.95 Å². The number of nitrogens with zero attached hydrogens (tertiary/aromatic N) is 3. The highest BCUT2D eigenvalue weighted by atomic mass is 16.2. The molecule has 2 aliphatic rings. The number of fused-ring (bicyclic) bond motifs is 1. The van der Waals surface area contributed by atoms with Crippen LogP contribution >= 0.6 is 0 Å². The summed E-state index contributed by atoms with van der Waals surface area (Å²) in [5.41, 5.74) is 0.952. The zero-order valence-corrected chi connectivity index (χ0v) is 17.4. The van der Waals surface area contributed by atoms with Crippen molar-refractivity contribution in [3.8, 4) is 0 Å². The molecule has 0 unspecified atom stereocenters. The van der Waals surface area contributed by atoms with Crippen LogP contribution in [0.15, 0.2) is 24.3 Å². The molecule has 0 aliphatic heterocycles. The summed E-state index contributed by atoms with van der Waals surface area (Å²) in [4.78, 5) is 23.7. The fraction of sp³-hybridized carbons (Fsp3) is 0.591. The van der Waals surface area contributed by atoms with Crippen molar-refractivity contribution in [3.05, 3.63) is 24.3 Å². The molecule has 2 amide bonds. The van der Waals surface area contributed by atoms with Crippen LogP contribution in [0, 0.1) is 0 Å². The number of anilines is 2. The monoisotopic (exact) mass is 396 g/mol. The lowest BCUT2D eigenvalue weighted by atomic mass is 9.91. The average Bonchev–Trinajstić information content (AvgIpc) is 3.21. The van der Waals surface area contributed by atoms with Gasteiger partial charge in [-0.2, -0.15) is 4.98 Å². The van der Waals surface area contributed by atoms with E-state index in [9.17, 15) is 4.79 Å². The van der Waals surface area contributed by atoms with Gasteiger partial charge in [-0.3, -0.25) is 0 Å². The van der Waals surface area contributed by atoms with Crippen molar-refractivity contribution < 1.29 is 4.79 Å². The second-order valence-electron chi connectivity index (χ2n) is 8.57. The largest absolute Gasteiger partial charge is 0.362 e. The molecule has 0 radical (unpaired) electrons. The Bertz CT molecular complexity index is 840. The van der Waals surface area contributed by atoms with Crippen LogP contribution in [0.25, 0.3) is 10.9 Å². The number of carbonyl (C=O) groups excluding carboxylic acids is 1. The van der Waals surface area contributed by atoms with Crippen molar-refractivity contribution in [1.29, 1.82) is 0 Å². The summed E-state index contributed by atoms with van der Waals surface area (Å²) in [6, 6.07) is 9.06. The fourth-order valence-electron chi connectivity index (χ4n) is 4.51. The molecular formula is C22H32N6O. The van der Waals surface area contributed by atoms with Crippen molar-refractivity contribution in [1.82, 2.24) is 20.6 Å². The number of nitrogens with one attached hydrogen (secondary N) is 3. The van der Waals surface area contributed by atoms with Gasteiger partial charge in [-0.05, 0) is 50.7 Å². The number of hydrogen-bond acceptors (Lipinski definition) is 5. The van der Waals surface area contributed by atoms with Gasteiger partial charge < -0.3 is 20.9 Å². The first-order chi connectivity index (χ1) is 14.1. The summed E-state index contributed by atoms with van der Waals surface area (Å²) in [6.45, 7) is 0. The molecule has 2 aromatic rings. The minimum Gasteiger partial charge on any atom is -0.362 e. The Morgan fingerprint density at radius 2 is 1.52 bits per heavy atom. The molecule has 156 valence electrons. The van der Waals surface area contributed by atoms with Gasteiger partial charge in [0, 0.05) is 37.6 Å². The Morgan fingerprint density at radius 1 is 0.897 bits per heavy atom. The number of carbonyl (C=O) groups is 1. The Kier molecular flexibility index (Phi) is 6.02. The quantitative estimate of drug-likeness (QED) is 0.718. The van der Waals surface area contributed by atoms with Gasteiger partial charge in [0.05, 0.1) is 5.52 Å². The van der Waals surface area contributed by atoms with Gasteiger partial charge in [-0.25, -0.2) is 9.78 Å². The third-order valence-electron chi connectivity index (χ3n) is 6.09. The maximum Gasteiger partial charge on any atom is 0.315 e. The van der Waals surface area contributed by atoms with E-state index in [1.165, 1.54) is 12.8 Å². The van der Waals surface area contributed by atoms with E-state index >= 15 is 0 Å². The average molecular weight is 397 g/mol. The molecule has 1 heterocycles. The van der Waals surface area contributed by atoms with Crippen LogP contribution in [0.1, 0.15) is 51.4 Å². The molecule has 0 bridgehead atoms. The van der Waals surface area contributed by atoms with E-state index in [1.54, 1.807) is 0 Å². The maximum absolute atomic E-state index is 12.2. The highest BCUT2D eigenvalue weighted by molar-refractivity contribution is 5.90. The third-order valence-corrected chi connectivity index (χ3v) is 6.09. The van der Waals surface area contributed by atoms with E-state index in [4.69, 9.17) is 9.97 Å². The Balaban J connectivity index is 1.32. The molecule has 0 spiro atoms. The van der Waals surface area contributed by atoms with Crippen LogP contribution in [0.5, 0.6) is 0 Å². The van der Waals surface area contributed by atoms with E-state index < -0.39 is 0 Å². The molecule has 7 nitrogen and oxygen atoms in total. The molecule has 2 fully saturated rings. The van der Waals surface area contributed by atoms with E-state index in [0.29, 0.717) is 18.0 Å². The number of rotatable bonds is 5. The molecule has 2 saturated carbocycles. The first kappa shape index (κ1) is 19.7. The van der Waals surface area contributed by atoms with Gasteiger partial charge in [-0.15, -0.1) is 0 Å². The van der Waals surface area contributed by atoms with E-state index in [-0.39, 0.29) is 12.1 Å². The summed E-state index contributed by atoms with van der Waals surface area (Å²) in [5, 5.41) is 10.9. The lowest BCUT2D eigenvalue weighted by Gasteiger charge is -2.30. The number of aromatic nitrogens is 2. The van der Waals surface area contributed by atoms with Crippen molar-refractivity contribution >= 4 is 28.7 Å². The molecule has 1 aromatic carbocycles. The predicted molar refractivity (Wildman–Crippen MR) is 117 cm³/mol. The summed E-state index contributed by atoms with van der Waals surface area (Å²) in [7, 11) is 4.01. The number of urea groups is 1. The lowest BCUT2D eigenvalue weighted by molar-refractivity contribution is 0.228. The zero-order chi connectivity index (χ0) is 20.2. The number of benzene rings is 1. The molecule has 3 N–H and O–H groups in total. The van der Waals surface area contributed by atoms with Crippen molar-refractivity contribution in [2.75, 3.05) is 24.3 Å². The number of para-hydroxylation sites is 1. The third kappa shape index (κ3) is 4.89. The Labute approximate surface area is 172 Å². The summed E-state index contributed by atoms with van der Waals surface area (Å²) < 4.78 is 0. The molecule has 1 aromatic heterocycles. The second kappa shape index (κ2) is 8.84. The van der Waals surface area contributed by atoms with Crippen molar-refractivity contribution in [2.45, 2.75) is 69.5 Å². The van der Waals surface area contributed by atoms with Crippen molar-refractivity contribution in [2.24, 2.45) is 0 Å². The highest BCUT2D eigenvalue weighted by Gasteiger charge is 2.24. The molecule has 0 saturated heterocycles. The van der Waals surface area contributed by atoms with Crippen LogP contribution < -0.4 is 20.9 Å². The minimum absolute atomic E-state index is 0.00166. The minimum atomic E-state index is 0.00166. The van der Waals surface area contributed by atoms with Crippen LogP contribution in [0.4, 0.5) is 16.6 Å². The van der Waals surface area contributed by atoms with Gasteiger partial charge >= 0.3 is 6.03 Å². The summed E-state index contributed by atoms with van der Waals surface area (Å²) in [5.74, 6) is 1.61. The van der Waals surface area contributed by atoms with E-state index in [1.807, 2.05) is 37.2 Å². The Morgan fingerprint density at radius 3 is 2.21 bits per heavy atom. The standard InChI is InChI=1S/C22H32N6O/c1-28(2)20-18-9-5-6-10-19(18)26-21(27-20)23-16-11-13-17(14-12-16)25-22(29)24-15-7-3-4-8-15/h5-6,9-10,15-17H,3-4,7-8,11-14H2,1-2H3,(H,23,26,27)(H2,24,25,29)/t16-,17+. The SMILES string of the molecule is CN(C)c1nc(N[C@H]2CC[C@@H](NC(=O)NC3CCCC3)CC2)nc2ccccc12. The van der Waals surface area contributed by atoms with Crippen LogP contribution in [0.2, 0.25) is 0 Å². The normalized spacial score (nSPS) is 22.4. The lowest BCUT2D eigenvalue weighted by Crippen LogP contribution is -2.47. The van der Waals surface area contributed by atoms with E-state index in [2.05, 4.69) is 22.0 Å². The highest BCUT2D eigenvalue weighted by Crippen LogP contribution is 2.26. The van der Waals surface area contributed by atoms with Crippen LogP contribution in [-0.2, 0) is 0 Å². The Hall–Kier alpha value is -2.57. The fourth-order valence-corrected chi connectivity index (χ4v) is 4.51. The number of amides is 2.